The van der Waals surface area contributed by atoms with Gasteiger partial charge in [-0.2, -0.15) is 0 Å². The van der Waals surface area contributed by atoms with Gasteiger partial charge in [0.2, 0.25) is 0 Å². The van der Waals surface area contributed by atoms with E-state index in [1.54, 1.807) is 0 Å². The van der Waals surface area contributed by atoms with Crippen LogP contribution in [-0.2, 0) is 0 Å². The normalized spacial score (nSPS) is 20.7. The monoisotopic (exact) mass is 285 g/mol. The lowest BCUT2D eigenvalue weighted by Gasteiger charge is -2.35. The molecule has 0 fully saturated rings. The molecule has 0 saturated carbocycles. The molecule has 0 aliphatic carbocycles. The number of thioether (sulfide) groups is 1. The highest BCUT2D eigenvalue weighted by atomic mass is 79.9. The van der Waals surface area contributed by atoms with Crippen LogP contribution in [0.2, 0.25) is 0 Å². The Morgan fingerprint density at radius 2 is 2.13 bits per heavy atom. The molecule has 2 rings (SSSR count). The van der Waals surface area contributed by atoms with Crippen molar-refractivity contribution in [3.8, 4) is 0 Å². The van der Waals surface area contributed by atoms with Crippen LogP contribution in [-0.4, -0.2) is 11.8 Å². The first-order valence-electron chi connectivity index (χ1n) is 5.17. The minimum atomic E-state index is 0.345. The SMILES string of the molecule is CC(C)(C)C1CNc2c(Br)cccc2S1. The summed E-state index contributed by atoms with van der Waals surface area (Å²) in [6.45, 7) is 7.95. The summed E-state index contributed by atoms with van der Waals surface area (Å²) in [6.07, 6.45) is 0. The lowest BCUT2D eigenvalue weighted by Crippen LogP contribution is -2.33. The van der Waals surface area contributed by atoms with Gasteiger partial charge in [0.1, 0.15) is 0 Å². The van der Waals surface area contributed by atoms with E-state index in [1.807, 2.05) is 11.8 Å². The van der Waals surface area contributed by atoms with Crippen LogP contribution in [0, 0.1) is 5.41 Å². The Hall–Kier alpha value is -0.150. The number of fused-ring (bicyclic) bond motifs is 1. The first-order valence-corrected chi connectivity index (χ1v) is 6.85. The van der Waals surface area contributed by atoms with E-state index in [0.29, 0.717) is 10.7 Å². The first kappa shape index (κ1) is 11.3. The minimum absolute atomic E-state index is 0.345. The van der Waals surface area contributed by atoms with Gasteiger partial charge >= 0.3 is 0 Å². The Morgan fingerprint density at radius 1 is 1.40 bits per heavy atom. The number of halogens is 1. The molecule has 1 aromatic rings. The van der Waals surface area contributed by atoms with Crippen molar-refractivity contribution >= 4 is 33.4 Å². The van der Waals surface area contributed by atoms with E-state index in [1.165, 1.54) is 15.1 Å². The molecule has 1 aliphatic heterocycles. The zero-order valence-corrected chi connectivity index (χ0v) is 11.7. The van der Waals surface area contributed by atoms with Gasteiger partial charge in [-0.15, -0.1) is 11.8 Å². The summed E-state index contributed by atoms with van der Waals surface area (Å²) in [4.78, 5) is 1.36. The summed E-state index contributed by atoms with van der Waals surface area (Å²) in [6, 6.07) is 6.38. The molecule has 1 heterocycles. The highest BCUT2D eigenvalue weighted by molar-refractivity contribution is 9.10. The Labute approximate surface area is 104 Å². The molecule has 1 nitrogen and oxygen atoms in total. The summed E-state index contributed by atoms with van der Waals surface area (Å²) in [5, 5.41) is 4.16. The maximum Gasteiger partial charge on any atom is 0.0623 e. The Morgan fingerprint density at radius 3 is 2.80 bits per heavy atom. The highest BCUT2D eigenvalue weighted by Gasteiger charge is 2.29. The van der Waals surface area contributed by atoms with E-state index < -0.39 is 0 Å². The van der Waals surface area contributed by atoms with Crippen molar-refractivity contribution in [2.75, 3.05) is 11.9 Å². The Balaban J connectivity index is 2.28. The smallest absolute Gasteiger partial charge is 0.0623 e. The van der Waals surface area contributed by atoms with Crippen molar-refractivity contribution in [2.45, 2.75) is 30.9 Å². The van der Waals surface area contributed by atoms with Crippen LogP contribution in [0.1, 0.15) is 20.8 Å². The molecule has 0 bridgehead atoms. The zero-order valence-electron chi connectivity index (χ0n) is 9.30. The van der Waals surface area contributed by atoms with E-state index >= 15 is 0 Å². The van der Waals surface area contributed by atoms with Crippen LogP contribution in [0.15, 0.2) is 27.6 Å². The largest absolute Gasteiger partial charge is 0.382 e. The molecule has 0 radical (unpaired) electrons. The molecule has 1 unspecified atom stereocenters. The fraction of sp³-hybridized carbons (Fsp3) is 0.500. The van der Waals surface area contributed by atoms with Crippen molar-refractivity contribution in [1.82, 2.24) is 0 Å². The molecule has 0 saturated heterocycles. The minimum Gasteiger partial charge on any atom is -0.382 e. The van der Waals surface area contributed by atoms with Gasteiger partial charge in [0, 0.05) is 21.2 Å². The molecule has 0 amide bonds. The van der Waals surface area contributed by atoms with E-state index in [0.717, 1.165) is 6.54 Å². The summed E-state index contributed by atoms with van der Waals surface area (Å²) in [7, 11) is 0. The number of hydrogen-bond acceptors (Lipinski definition) is 2. The molecule has 0 aromatic heterocycles. The van der Waals surface area contributed by atoms with E-state index in [2.05, 4.69) is 60.2 Å². The second-order valence-corrected chi connectivity index (χ2v) is 7.07. The van der Waals surface area contributed by atoms with Crippen LogP contribution in [0.4, 0.5) is 5.69 Å². The number of para-hydroxylation sites is 1. The molecule has 1 aliphatic rings. The zero-order chi connectivity index (χ0) is 11.1. The Kier molecular flexibility index (Phi) is 3.04. The topological polar surface area (TPSA) is 12.0 Å². The predicted molar refractivity (Wildman–Crippen MR) is 71.7 cm³/mol. The summed E-state index contributed by atoms with van der Waals surface area (Å²) in [5.74, 6) is 0. The van der Waals surface area contributed by atoms with Crippen LogP contribution in [0.3, 0.4) is 0 Å². The van der Waals surface area contributed by atoms with Gasteiger partial charge in [0.25, 0.3) is 0 Å². The van der Waals surface area contributed by atoms with Crippen molar-refractivity contribution in [2.24, 2.45) is 5.41 Å². The summed E-state index contributed by atoms with van der Waals surface area (Å²) >= 11 is 5.56. The molecule has 3 heteroatoms. The molecule has 82 valence electrons. The van der Waals surface area contributed by atoms with Crippen molar-refractivity contribution < 1.29 is 0 Å². The predicted octanol–water partition coefficient (Wildman–Crippen LogP) is 4.38. The maximum atomic E-state index is 3.58. The second-order valence-electron chi connectivity index (χ2n) is 4.97. The molecule has 1 atom stereocenters. The van der Waals surface area contributed by atoms with Crippen LogP contribution in [0.5, 0.6) is 0 Å². The standard InChI is InChI=1S/C12H16BrNS/c1-12(2,3)10-7-14-11-8(13)5-4-6-9(11)15-10/h4-6,10,14H,7H2,1-3H3. The van der Waals surface area contributed by atoms with Crippen molar-refractivity contribution in [3.63, 3.8) is 0 Å². The van der Waals surface area contributed by atoms with Gasteiger partial charge in [-0.1, -0.05) is 26.8 Å². The third-order valence-electron chi connectivity index (χ3n) is 2.67. The third-order valence-corrected chi connectivity index (χ3v) is 5.09. The van der Waals surface area contributed by atoms with E-state index in [4.69, 9.17) is 0 Å². The van der Waals surface area contributed by atoms with E-state index in [9.17, 15) is 0 Å². The number of hydrogen-bond donors (Lipinski definition) is 1. The lowest BCUT2D eigenvalue weighted by atomic mass is 9.91. The van der Waals surface area contributed by atoms with Gasteiger partial charge in [0.15, 0.2) is 0 Å². The molecule has 15 heavy (non-hydrogen) atoms. The molecule has 0 spiro atoms. The highest BCUT2D eigenvalue weighted by Crippen LogP contribution is 2.44. The second kappa shape index (κ2) is 4.02. The molecule has 1 N–H and O–H groups in total. The van der Waals surface area contributed by atoms with E-state index in [-0.39, 0.29) is 0 Å². The molecular formula is C12H16BrNS. The number of benzene rings is 1. The average molecular weight is 286 g/mol. The number of rotatable bonds is 0. The van der Waals surface area contributed by atoms with Gasteiger partial charge in [0.05, 0.1) is 5.69 Å². The lowest BCUT2D eigenvalue weighted by molar-refractivity contribution is 0.401. The first-order chi connectivity index (χ1) is 6.98. The quantitative estimate of drug-likeness (QED) is 0.759. The van der Waals surface area contributed by atoms with Gasteiger partial charge < -0.3 is 5.32 Å². The van der Waals surface area contributed by atoms with Crippen LogP contribution < -0.4 is 5.32 Å². The average Bonchev–Trinajstić information content (AvgIpc) is 2.16. The van der Waals surface area contributed by atoms with Crippen molar-refractivity contribution in [1.29, 1.82) is 0 Å². The fourth-order valence-corrected chi connectivity index (χ4v) is 3.57. The number of nitrogens with one attached hydrogen (secondary N) is 1. The van der Waals surface area contributed by atoms with Gasteiger partial charge in [-0.3, -0.25) is 0 Å². The fourth-order valence-electron chi connectivity index (χ4n) is 1.65. The van der Waals surface area contributed by atoms with Gasteiger partial charge in [-0.25, -0.2) is 0 Å². The summed E-state index contributed by atoms with van der Waals surface area (Å²) in [5.41, 5.74) is 1.60. The van der Waals surface area contributed by atoms with Crippen LogP contribution in [0.25, 0.3) is 0 Å². The Bertz CT molecular complexity index is 370. The number of anilines is 1. The van der Waals surface area contributed by atoms with Gasteiger partial charge in [-0.05, 0) is 33.5 Å². The maximum absolute atomic E-state index is 3.58. The molecule has 1 aromatic carbocycles. The third kappa shape index (κ3) is 2.34. The van der Waals surface area contributed by atoms with Crippen molar-refractivity contribution in [3.05, 3.63) is 22.7 Å². The summed E-state index contributed by atoms with van der Waals surface area (Å²) < 4.78 is 1.17. The van der Waals surface area contributed by atoms with Crippen LogP contribution >= 0.6 is 27.7 Å². The molecular weight excluding hydrogens is 270 g/mol.